The van der Waals surface area contributed by atoms with Crippen molar-refractivity contribution in [2.75, 3.05) is 0 Å². The lowest BCUT2D eigenvalue weighted by Gasteiger charge is -2.19. The first-order chi connectivity index (χ1) is 8.49. The molecule has 0 radical (unpaired) electrons. The fraction of sp³-hybridized carbons (Fsp3) is 0.417. The summed E-state index contributed by atoms with van der Waals surface area (Å²) in [5, 5.41) is 0.322. The van der Waals surface area contributed by atoms with Crippen molar-refractivity contribution in [2.45, 2.75) is 37.7 Å². The standard InChI is InChI=1S/C12H14Cl2O4S/c1-12(2,3)18-11(15)7-8-6-9(13)4-5-10(8)19(14,16)17/h4-6H,7H2,1-3H3. The van der Waals surface area contributed by atoms with Crippen LogP contribution < -0.4 is 0 Å². The lowest BCUT2D eigenvalue weighted by Crippen LogP contribution is -2.25. The Balaban J connectivity index is 3.07. The van der Waals surface area contributed by atoms with Crippen molar-refractivity contribution in [3.05, 3.63) is 28.8 Å². The Morgan fingerprint density at radius 1 is 1.32 bits per heavy atom. The van der Waals surface area contributed by atoms with Crippen molar-refractivity contribution in [3.63, 3.8) is 0 Å². The number of hydrogen-bond acceptors (Lipinski definition) is 4. The van der Waals surface area contributed by atoms with E-state index in [2.05, 4.69) is 0 Å². The minimum atomic E-state index is -3.93. The van der Waals surface area contributed by atoms with E-state index in [1.165, 1.54) is 18.2 Å². The molecule has 0 heterocycles. The van der Waals surface area contributed by atoms with E-state index in [0.717, 1.165) is 0 Å². The third kappa shape index (κ3) is 5.38. The van der Waals surface area contributed by atoms with Crippen LogP contribution in [0.1, 0.15) is 26.3 Å². The lowest BCUT2D eigenvalue weighted by molar-refractivity contribution is -0.153. The summed E-state index contributed by atoms with van der Waals surface area (Å²) in [5.41, 5.74) is -0.424. The third-order valence-corrected chi connectivity index (χ3v) is 3.70. The summed E-state index contributed by atoms with van der Waals surface area (Å²) in [6.07, 6.45) is -0.209. The van der Waals surface area contributed by atoms with Crippen LogP contribution >= 0.6 is 22.3 Å². The molecule has 0 fully saturated rings. The van der Waals surface area contributed by atoms with Crippen molar-refractivity contribution >= 4 is 37.3 Å². The second-order valence-corrected chi connectivity index (χ2v) is 7.92. The van der Waals surface area contributed by atoms with E-state index in [1.54, 1.807) is 20.8 Å². The molecule has 0 bridgehead atoms. The Hall–Kier alpha value is -0.780. The molecule has 0 unspecified atom stereocenters. The van der Waals surface area contributed by atoms with E-state index in [1.807, 2.05) is 0 Å². The van der Waals surface area contributed by atoms with Crippen molar-refractivity contribution in [1.82, 2.24) is 0 Å². The van der Waals surface area contributed by atoms with Gasteiger partial charge in [-0.25, -0.2) is 8.42 Å². The van der Waals surface area contributed by atoms with Gasteiger partial charge in [0.15, 0.2) is 0 Å². The second kappa shape index (κ2) is 5.69. The molecule has 1 aromatic rings. The summed E-state index contributed by atoms with van der Waals surface area (Å²) in [4.78, 5) is 11.6. The molecule has 0 atom stereocenters. The SMILES string of the molecule is CC(C)(C)OC(=O)Cc1cc(Cl)ccc1S(=O)(=O)Cl. The first kappa shape index (κ1) is 16.3. The molecular formula is C12H14Cl2O4S. The van der Waals surface area contributed by atoms with E-state index in [9.17, 15) is 13.2 Å². The van der Waals surface area contributed by atoms with Crippen LogP contribution in [0.3, 0.4) is 0 Å². The first-order valence-corrected chi connectivity index (χ1v) is 8.13. The predicted octanol–water partition coefficient (Wildman–Crippen LogP) is 3.15. The van der Waals surface area contributed by atoms with Gasteiger partial charge < -0.3 is 4.74 Å². The molecular weight excluding hydrogens is 311 g/mol. The van der Waals surface area contributed by atoms with Crippen LogP contribution in [0.15, 0.2) is 23.1 Å². The average molecular weight is 325 g/mol. The Kier molecular flexibility index (Phi) is 4.87. The van der Waals surface area contributed by atoms with Crippen molar-refractivity contribution in [2.24, 2.45) is 0 Å². The van der Waals surface area contributed by atoms with Crippen LogP contribution in [0.25, 0.3) is 0 Å². The molecule has 0 N–H and O–H groups in total. The van der Waals surface area contributed by atoms with Gasteiger partial charge in [0.25, 0.3) is 9.05 Å². The molecule has 0 aliphatic heterocycles. The topological polar surface area (TPSA) is 60.4 Å². The molecule has 19 heavy (non-hydrogen) atoms. The minimum Gasteiger partial charge on any atom is -0.460 e. The number of carbonyl (C=O) groups is 1. The van der Waals surface area contributed by atoms with E-state index < -0.39 is 20.6 Å². The van der Waals surface area contributed by atoms with Crippen LogP contribution in [0, 0.1) is 0 Å². The smallest absolute Gasteiger partial charge is 0.310 e. The molecule has 0 spiro atoms. The van der Waals surface area contributed by atoms with Crippen LogP contribution in [0.5, 0.6) is 0 Å². The molecule has 7 heteroatoms. The van der Waals surface area contributed by atoms with Gasteiger partial charge in [-0.15, -0.1) is 0 Å². The Morgan fingerprint density at radius 3 is 2.37 bits per heavy atom. The summed E-state index contributed by atoms with van der Waals surface area (Å²) in [6.45, 7) is 5.17. The number of carbonyl (C=O) groups excluding carboxylic acids is 1. The fourth-order valence-electron chi connectivity index (χ4n) is 1.46. The Morgan fingerprint density at radius 2 is 1.89 bits per heavy atom. The van der Waals surface area contributed by atoms with Gasteiger partial charge in [0.2, 0.25) is 0 Å². The molecule has 106 valence electrons. The van der Waals surface area contributed by atoms with Crippen molar-refractivity contribution in [1.29, 1.82) is 0 Å². The summed E-state index contributed by atoms with van der Waals surface area (Å²) in [5.74, 6) is -0.545. The van der Waals surface area contributed by atoms with Gasteiger partial charge in [0.1, 0.15) is 5.60 Å². The maximum absolute atomic E-state index is 11.7. The molecule has 4 nitrogen and oxygen atoms in total. The number of rotatable bonds is 3. The molecule has 0 aliphatic rings. The predicted molar refractivity (Wildman–Crippen MR) is 74.0 cm³/mol. The van der Waals surface area contributed by atoms with Crippen LogP contribution in [-0.2, 0) is 25.0 Å². The van der Waals surface area contributed by atoms with E-state index in [4.69, 9.17) is 27.0 Å². The summed E-state index contributed by atoms with van der Waals surface area (Å²) < 4.78 is 27.9. The zero-order chi connectivity index (χ0) is 14.8. The number of benzene rings is 1. The van der Waals surface area contributed by atoms with Gasteiger partial charge >= 0.3 is 5.97 Å². The van der Waals surface area contributed by atoms with Crippen molar-refractivity contribution in [3.8, 4) is 0 Å². The second-order valence-electron chi connectivity index (χ2n) is 4.95. The molecule has 0 aromatic heterocycles. The van der Waals surface area contributed by atoms with Crippen LogP contribution in [0.4, 0.5) is 0 Å². The third-order valence-electron chi connectivity index (χ3n) is 2.04. The normalized spacial score (nSPS) is 12.3. The van der Waals surface area contributed by atoms with Gasteiger partial charge in [0, 0.05) is 15.7 Å². The number of esters is 1. The Bertz CT molecular complexity index is 588. The molecule has 0 amide bonds. The number of halogens is 2. The van der Waals surface area contributed by atoms with Crippen LogP contribution in [0.2, 0.25) is 5.02 Å². The quantitative estimate of drug-likeness (QED) is 0.633. The molecule has 0 aliphatic carbocycles. The maximum Gasteiger partial charge on any atom is 0.310 e. The number of ether oxygens (including phenoxy) is 1. The minimum absolute atomic E-state index is 0.135. The molecule has 1 aromatic carbocycles. The van der Waals surface area contributed by atoms with Crippen LogP contribution in [-0.4, -0.2) is 20.0 Å². The molecule has 0 saturated heterocycles. The first-order valence-electron chi connectivity index (χ1n) is 5.44. The average Bonchev–Trinajstić information content (AvgIpc) is 2.11. The summed E-state index contributed by atoms with van der Waals surface area (Å²) >= 11 is 5.79. The number of hydrogen-bond donors (Lipinski definition) is 0. The zero-order valence-corrected chi connectivity index (χ0v) is 13.1. The van der Waals surface area contributed by atoms with E-state index in [-0.39, 0.29) is 16.9 Å². The largest absolute Gasteiger partial charge is 0.460 e. The van der Waals surface area contributed by atoms with E-state index >= 15 is 0 Å². The van der Waals surface area contributed by atoms with Crippen molar-refractivity contribution < 1.29 is 17.9 Å². The lowest BCUT2D eigenvalue weighted by atomic mass is 10.1. The van der Waals surface area contributed by atoms with Gasteiger partial charge in [-0.2, -0.15) is 0 Å². The van der Waals surface area contributed by atoms with Gasteiger partial charge in [-0.3, -0.25) is 4.79 Å². The zero-order valence-electron chi connectivity index (χ0n) is 10.7. The van der Waals surface area contributed by atoms with E-state index in [0.29, 0.717) is 5.02 Å². The van der Waals surface area contributed by atoms with Gasteiger partial charge in [-0.1, -0.05) is 11.6 Å². The Labute approximate surface area is 122 Å². The fourth-order valence-corrected chi connectivity index (χ4v) is 2.78. The van der Waals surface area contributed by atoms with Gasteiger partial charge in [0.05, 0.1) is 11.3 Å². The highest BCUT2D eigenvalue weighted by molar-refractivity contribution is 8.13. The summed E-state index contributed by atoms with van der Waals surface area (Å²) in [7, 11) is 1.38. The highest BCUT2D eigenvalue weighted by atomic mass is 35.7. The monoisotopic (exact) mass is 324 g/mol. The molecule has 0 saturated carbocycles. The van der Waals surface area contributed by atoms with Gasteiger partial charge in [-0.05, 0) is 44.5 Å². The molecule has 1 rings (SSSR count). The maximum atomic E-state index is 11.7. The highest BCUT2D eigenvalue weighted by Crippen LogP contribution is 2.24. The summed E-state index contributed by atoms with van der Waals surface area (Å²) in [6, 6.07) is 4.06. The highest BCUT2D eigenvalue weighted by Gasteiger charge is 2.21.